The van der Waals surface area contributed by atoms with Crippen LogP contribution in [-0.4, -0.2) is 19.3 Å². The van der Waals surface area contributed by atoms with E-state index < -0.39 is 15.9 Å². The molecular weight excluding hydrogens is 380 g/mol. The van der Waals surface area contributed by atoms with Crippen LogP contribution in [0.2, 0.25) is 0 Å². The average molecular weight is 399 g/mol. The second kappa shape index (κ2) is 7.25. The van der Waals surface area contributed by atoms with Crippen LogP contribution < -0.4 is 4.72 Å². The van der Waals surface area contributed by atoms with Crippen LogP contribution in [0.5, 0.6) is 0 Å². The number of thiazole rings is 1. The lowest BCUT2D eigenvalue weighted by Crippen LogP contribution is -2.32. The van der Waals surface area contributed by atoms with E-state index in [2.05, 4.69) is 9.71 Å². The number of fused-ring (bicyclic) bond motifs is 2. The number of carbonyl (C=O) groups excluding carboxylic acids is 1. The van der Waals surface area contributed by atoms with E-state index >= 15 is 0 Å². The lowest BCUT2D eigenvalue weighted by molar-refractivity contribution is -0.119. The van der Waals surface area contributed by atoms with Gasteiger partial charge in [0.2, 0.25) is 5.91 Å². The number of allylic oxidation sites excluding steroid dienone is 1. The van der Waals surface area contributed by atoms with Crippen molar-refractivity contribution in [2.45, 2.75) is 25.7 Å². The maximum absolute atomic E-state index is 12.5. The molecule has 0 saturated heterocycles. The number of sulfonamides is 1. The highest BCUT2D eigenvalue weighted by Gasteiger charge is 2.23. The summed E-state index contributed by atoms with van der Waals surface area (Å²) in [5.74, 6) is -0.506. The number of para-hydroxylation sites is 1. The molecule has 0 radical (unpaired) electrons. The molecule has 2 aromatic carbocycles. The number of carbonyl (C=O) groups is 1. The van der Waals surface area contributed by atoms with Gasteiger partial charge in [0.05, 0.1) is 20.1 Å². The Hall–Kier alpha value is -2.51. The van der Waals surface area contributed by atoms with Gasteiger partial charge in [0, 0.05) is 12.8 Å². The molecule has 138 valence electrons. The number of rotatable bonds is 5. The fourth-order valence-electron chi connectivity index (χ4n) is 3.13. The molecule has 0 fully saturated rings. The molecule has 1 N–H and O–H groups in total. The highest BCUT2D eigenvalue weighted by atomic mass is 32.2. The van der Waals surface area contributed by atoms with Gasteiger partial charge in [-0.3, -0.25) is 4.79 Å². The molecule has 1 heterocycles. The van der Waals surface area contributed by atoms with E-state index in [9.17, 15) is 13.2 Å². The fourth-order valence-corrected chi connectivity index (χ4v) is 5.28. The Morgan fingerprint density at radius 1 is 1.07 bits per heavy atom. The Morgan fingerprint density at radius 2 is 1.85 bits per heavy atom. The van der Waals surface area contributed by atoms with E-state index in [1.807, 2.05) is 48.5 Å². The molecule has 1 aliphatic carbocycles. The first kappa shape index (κ1) is 17.9. The Labute approximate surface area is 161 Å². The fraction of sp³-hybridized carbons (Fsp3) is 0.200. The highest BCUT2D eigenvalue weighted by molar-refractivity contribution is 7.94. The van der Waals surface area contributed by atoms with E-state index in [0.29, 0.717) is 19.3 Å². The van der Waals surface area contributed by atoms with Crippen LogP contribution in [0, 0.1) is 0 Å². The molecular formula is C20H18N2O3S2. The van der Waals surface area contributed by atoms with Crippen molar-refractivity contribution >= 4 is 43.6 Å². The largest absolute Gasteiger partial charge is 0.274 e. The van der Waals surface area contributed by atoms with Crippen LogP contribution in [-0.2, 0) is 27.7 Å². The molecule has 1 aliphatic rings. The number of aromatic nitrogens is 1. The number of hydrogen-bond donors (Lipinski definition) is 1. The maximum atomic E-state index is 12.5. The minimum absolute atomic E-state index is 0.0862. The predicted octanol–water partition coefficient (Wildman–Crippen LogP) is 3.66. The van der Waals surface area contributed by atoms with Gasteiger partial charge in [-0.2, -0.15) is 0 Å². The van der Waals surface area contributed by atoms with Gasteiger partial charge in [-0.05, 0) is 42.2 Å². The zero-order valence-corrected chi connectivity index (χ0v) is 16.1. The lowest BCUT2D eigenvalue weighted by Gasteiger charge is -2.16. The third-order valence-corrected chi connectivity index (χ3v) is 7.11. The Morgan fingerprint density at radius 3 is 2.70 bits per heavy atom. The van der Waals surface area contributed by atoms with Crippen LogP contribution in [0.25, 0.3) is 16.3 Å². The summed E-state index contributed by atoms with van der Waals surface area (Å²) in [6.45, 7) is 0. The topological polar surface area (TPSA) is 76.1 Å². The molecule has 4 rings (SSSR count). The summed E-state index contributed by atoms with van der Waals surface area (Å²) in [5.41, 5.74) is 2.92. The van der Waals surface area contributed by atoms with Crippen LogP contribution in [0.4, 0.5) is 0 Å². The SMILES string of the molecule is O=C(CCc1nc2ccccc2s1)NS(=O)(=O)C1=Cc2ccccc2CC1. The van der Waals surface area contributed by atoms with Crippen LogP contribution >= 0.6 is 11.3 Å². The van der Waals surface area contributed by atoms with E-state index in [1.165, 1.54) is 11.3 Å². The van der Waals surface area contributed by atoms with Gasteiger partial charge in [-0.15, -0.1) is 11.3 Å². The van der Waals surface area contributed by atoms with Crippen molar-refractivity contribution in [2.24, 2.45) is 0 Å². The summed E-state index contributed by atoms with van der Waals surface area (Å²) in [5, 5.41) is 0.828. The number of aryl methyl sites for hydroxylation is 2. The molecule has 0 saturated carbocycles. The zero-order chi connectivity index (χ0) is 18.9. The first-order valence-corrected chi connectivity index (χ1v) is 11.0. The third-order valence-electron chi connectivity index (χ3n) is 4.51. The summed E-state index contributed by atoms with van der Waals surface area (Å²) in [7, 11) is -3.81. The van der Waals surface area contributed by atoms with Crippen LogP contribution in [0.15, 0.2) is 53.4 Å². The number of benzene rings is 2. The molecule has 0 atom stereocenters. The average Bonchev–Trinajstić information content (AvgIpc) is 3.09. The summed E-state index contributed by atoms with van der Waals surface area (Å²) in [6, 6.07) is 15.5. The van der Waals surface area contributed by atoms with Gasteiger partial charge in [0.25, 0.3) is 10.0 Å². The number of amides is 1. The Bertz CT molecular complexity index is 1110. The van der Waals surface area contributed by atoms with E-state index in [0.717, 1.165) is 26.4 Å². The summed E-state index contributed by atoms with van der Waals surface area (Å²) < 4.78 is 28.4. The van der Waals surface area contributed by atoms with E-state index in [-0.39, 0.29) is 11.3 Å². The maximum Gasteiger partial charge on any atom is 0.260 e. The van der Waals surface area contributed by atoms with Crippen molar-refractivity contribution in [2.75, 3.05) is 0 Å². The van der Waals surface area contributed by atoms with Gasteiger partial charge in [0.15, 0.2) is 0 Å². The molecule has 1 amide bonds. The molecule has 5 nitrogen and oxygen atoms in total. The van der Waals surface area contributed by atoms with E-state index in [1.54, 1.807) is 6.08 Å². The number of nitrogens with zero attached hydrogens (tertiary/aromatic N) is 1. The minimum atomic E-state index is -3.81. The molecule has 1 aromatic heterocycles. The normalized spacial score (nSPS) is 13.9. The molecule has 27 heavy (non-hydrogen) atoms. The predicted molar refractivity (Wildman–Crippen MR) is 108 cm³/mol. The zero-order valence-electron chi connectivity index (χ0n) is 14.5. The number of hydrogen-bond acceptors (Lipinski definition) is 5. The molecule has 7 heteroatoms. The van der Waals surface area contributed by atoms with Crippen LogP contribution in [0.1, 0.15) is 29.0 Å². The van der Waals surface area contributed by atoms with Crippen molar-refractivity contribution < 1.29 is 13.2 Å². The highest BCUT2D eigenvalue weighted by Crippen LogP contribution is 2.26. The Balaban J connectivity index is 1.42. The second-order valence-electron chi connectivity index (χ2n) is 6.41. The molecule has 0 aliphatic heterocycles. The van der Waals surface area contributed by atoms with Crippen LogP contribution in [0.3, 0.4) is 0 Å². The Kier molecular flexibility index (Phi) is 4.80. The summed E-state index contributed by atoms with van der Waals surface area (Å²) in [6.07, 6.45) is 3.22. The smallest absolute Gasteiger partial charge is 0.260 e. The van der Waals surface area contributed by atoms with Gasteiger partial charge in [-0.25, -0.2) is 18.1 Å². The van der Waals surface area contributed by atoms with Crippen molar-refractivity contribution in [1.82, 2.24) is 9.71 Å². The monoisotopic (exact) mass is 398 g/mol. The standard InChI is InChI=1S/C20H18N2O3S2/c23-19(11-12-20-21-17-7-3-4-8-18(17)26-20)22-27(24,25)16-10-9-14-5-1-2-6-15(14)13-16/h1-8,13H,9-12H2,(H,22,23). The summed E-state index contributed by atoms with van der Waals surface area (Å²) in [4.78, 5) is 16.9. The van der Waals surface area contributed by atoms with Gasteiger partial charge in [0.1, 0.15) is 0 Å². The molecule has 0 unspecified atom stereocenters. The second-order valence-corrected chi connectivity index (χ2v) is 9.26. The van der Waals surface area contributed by atoms with Crippen molar-refractivity contribution in [3.05, 3.63) is 69.6 Å². The molecule has 0 bridgehead atoms. The van der Waals surface area contributed by atoms with Crippen molar-refractivity contribution in [3.8, 4) is 0 Å². The minimum Gasteiger partial charge on any atom is -0.274 e. The first-order chi connectivity index (χ1) is 13.0. The van der Waals surface area contributed by atoms with Gasteiger partial charge < -0.3 is 0 Å². The van der Waals surface area contributed by atoms with E-state index in [4.69, 9.17) is 0 Å². The van der Waals surface area contributed by atoms with Crippen molar-refractivity contribution in [1.29, 1.82) is 0 Å². The molecule has 0 spiro atoms. The van der Waals surface area contributed by atoms with Crippen molar-refractivity contribution in [3.63, 3.8) is 0 Å². The third kappa shape index (κ3) is 3.94. The van der Waals surface area contributed by atoms with Gasteiger partial charge in [-0.1, -0.05) is 36.4 Å². The molecule has 3 aromatic rings. The number of nitrogens with one attached hydrogen (secondary N) is 1. The summed E-state index contributed by atoms with van der Waals surface area (Å²) >= 11 is 1.53. The first-order valence-electron chi connectivity index (χ1n) is 8.70. The quantitative estimate of drug-likeness (QED) is 0.712. The van der Waals surface area contributed by atoms with Gasteiger partial charge >= 0.3 is 0 Å². The lowest BCUT2D eigenvalue weighted by atomic mass is 9.98.